The second-order valence-corrected chi connectivity index (χ2v) is 11.9. The highest BCUT2D eigenvalue weighted by Gasteiger charge is 2.50. The predicted octanol–water partition coefficient (Wildman–Crippen LogP) is 12.8. The van der Waals surface area contributed by atoms with Gasteiger partial charge in [0.2, 0.25) is 0 Å². The van der Waals surface area contributed by atoms with Crippen LogP contribution in [0, 0.1) is 11.6 Å². The highest BCUT2D eigenvalue weighted by molar-refractivity contribution is 5.59. The monoisotopic (exact) mass is 766 g/mol. The number of ether oxygens (including phenoxy) is 3. The highest BCUT2D eigenvalue weighted by Crippen LogP contribution is 2.54. The number of rotatable bonds is 14. The van der Waals surface area contributed by atoms with Crippen LogP contribution in [0.5, 0.6) is 23.0 Å². The lowest BCUT2D eigenvalue weighted by Crippen LogP contribution is -2.24. The lowest BCUT2D eigenvalue weighted by atomic mass is 9.93. The van der Waals surface area contributed by atoms with Gasteiger partial charge in [-0.25, -0.2) is 8.78 Å². The largest absolute Gasteiger partial charge is 0.493 e. The van der Waals surface area contributed by atoms with Crippen LogP contribution in [0.4, 0.5) is 52.7 Å². The van der Waals surface area contributed by atoms with Crippen molar-refractivity contribution in [3.63, 3.8) is 0 Å². The topological polar surface area (TPSA) is 27.7 Å². The van der Waals surface area contributed by atoms with E-state index in [1.54, 1.807) is 13.8 Å². The van der Waals surface area contributed by atoms with Crippen LogP contribution >= 0.6 is 0 Å². The highest BCUT2D eigenvalue weighted by atomic mass is 19.4. The maximum Gasteiger partial charge on any atom is 0.422 e. The van der Waals surface area contributed by atoms with Crippen molar-refractivity contribution in [3.05, 3.63) is 117 Å². The van der Waals surface area contributed by atoms with E-state index >= 15 is 26.3 Å². The molecule has 4 aromatic rings. The molecule has 53 heavy (non-hydrogen) atoms. The van der Waals surface area contributed by atoms with Crippen LogP contribution in [0.1, 0.15) is 85.0 Å². The lowest BCUT2D eigenvalue weighted by Gasteiger charge is -2.27. The van der Waals surface area contributed by atoms with E-state index in [1.165, 1.54) is 38.1 Å². The van der Waals surface area contributed by atoms with Gasteiger partial charge in [-0.05, 0) is 37.8 Å². The second-order valence-electron chi connectivity index (χ2n) is 11.9. The van der Waals surface area contributed by atoms with Gasteiger partial charge >= 0.3 is 24.2 Å². The average Bonchev–Trinajstić information content (AvgIpc) is 3.04. The van der Waals surface area contributed by atoms with Crippen LogP contribution in [0.15, 0.2) is 60.7 Å². The summed E-state index contributed by atoms with van der Waals surface area (Å²) >= 11 is 0. The summed E-state index contributed by atoms with van der Waals surface area (Å²) in [6.07, 6.45) is -9.27. The van der Waals surface area contributed by atoms with E-state index in [0.717, 1.165) is 24.3 Å². The van der Waals surface area contributed by atoms with Crippen molar-refractivity contribution < 1.29 is 66.9 Å². The Morgan fingerprint density at radius 2 is 0.774 bits per heavy atom. The zero-order chi connectivity index (χ0) is 39.5. The van der Waals surface area contributed by atoms with Crippen molar-refractivity contribution in [3.8, 4) is 23.0 Å². The molecule has 4 aromatic carbocycles. The Kier molecular flexibility index (Phi) is 12.3. The van der Waals surface area contributed by atoms with E-state index in [4.69, 9.17) is 14.2 Å². The molecule has 0 radical (unpaired) electrons. The zero-order valence-electron chi connectivity index (χ0n) is 28.8. The molecule has 288 valence electrons. The molecule has 0 heterocycles. The molecule has 0 N–H and O–H groups in total. The lowest BCUT2D eigenvalue weighted by molar-refractivity contribution is -0.142. The minimum atomic E-state index is -5.66. The Hall–Kier alpha value is -4.56. The first-order chi connectivity index (χ1) is 24.7. The van der Waals surface area contributed by atoms with Gasteiger partial charge in [-0.2, -0.15) is 43.9 Å². The van der Waals surface area contributed by atoms with Crippen molar-refractivity contribution in [2.24, 2.45) is 0 Å². The fourth-order valence-corrected chi connectivity index (χ4v) is 5.77. The first-order valence-electron chi connectivity index (χ1n) is 16.5. The van der Waals surface area contributed by atoms with E-state index in [9.17, 15) is 26.3 Å². The third-order valence-corrected chi connectivity index (χ3v) is 8.11. The molecule has 0 aliphatic heterocycles. The Balaban J connectivity index is 2.12. The molecule has 0 atom stereocenters. The number of benzene rings is 4. The first-order valence-corrected chi connectivity index (χ1v) is 16.5. The maximum absolute atomic E-state index is 16.4. The summed E-state index contributed by atoms with van der Waals surface area (Å²) in [6, 6.07) is 8.39. The summed E-state index contributed by atoms with van der Waals surface area (Å²) in [7, 11) is 0. The molecule has 0 bridgehead atoms. The van der Waals surface area contributed by atoms with E-state index in [2.05, 4.69) is 0 Å². The molecule has 0 spiro atoms. The third kappa shape index (κ3) is 8.49. The van der Waals surface area contributed by atoms with Gasteiger partial charge in [0.1, 0.15) is 45.3 Å². The Morgan fingerprint density at radius 1 is 0.453 bits per heavy atom. The number of hydrogen-bond acceptors (Lipinski definition) is 3. The van der Waals surface area contributed by atoms with Crippen molar-refractivity contribution in [2.45, 2.75) is 77.6 Å². The smallest absolute Gasteiger partial charge is 0.422 e. The minimum absolute atomic E-state index is 0.140. The third-order valence-electron chi connectivity index (χ3n) is 8.11. The standard InChI is InChI=1S/C38H34F12O3/c1-5-9-21-11-15-23(16-12-21)35(41,42)29-27(19-25(51-7-3)31(33(29)39)37(45,46)47)53-28-20-26(52-8-4)32(38(48,49)50)34(40)30(28)36(43,44)24-17-13-22(10-6-2)14-18-24/h11-20H,5-10H2,1-4H3. The van der Waals surface area contributed by atoms with E-state index < -0.39 is 105 Å². The maximum atomic E-state index is 16.4. The van der Waals surface area contributed by atoms with Gasteiger partial charge in [0.05, 0.1) is 13.2 Å². The fourth-order valence-electron chi connectivity index (χ4n) is 5.77. The molecule has 0 aliphatic rings. The normalized spacial score (nSPS) is 12.6. The zero-order valence-corrected chi connectivity index (χ0v) is 28.8. The predicted molar refractivity (Wildman–Crippen MR) is 172 cm³/mol. The van der Waals surface area contributed by atoms with E-state index in [-0.39, 0.29) is 12.1 Å². The fraction of sp³-hybridized carbons (Fsp3) is 0.368. The van der Waals surface area contributed by atoms with Crippen LogP contribution < -0.4 is 14.2 Å². The van der Waals surface area contributed by atoms with Gasteiger partial charge in [0.25, 0.3) is 0 Å². The second kappa shape index (κ2) is 15.8. The molecular formula is C38H34F12O3. The molecule has 0 unspecified atom stereocenters. The van der Waals surface area contributed by atoms with Crippen LogP contribution in [-0.4, -0.2) is 13.2 Å². The van der Waals surface area contributed by atoms with E-state index in [1.807, 2.05) is 0 Å². The number of hydrogen-bond donors (Lipinski definition) is 0. The van der Waals surface area contributed by atoms with Crippen LogP contribution in [-0.2, 0) is 37.0 Å². The molecular weight excluding hydrogens is 732 g/mol. The van der Waals surface area contributed by atoms with Crippen molar-refractivity contribution in [1.82, 2.24) is 0 Å². The molecule has 0 saturated heterocycles. The van der Waals surface area contributed by atoms with Gasteiger partial charge in [0.15, 0.2) is 11.6 Å². The molecule has 3 nitrogen and oxygen atoms in total. The first kappa shape index (κ1) is 41.2. The molecule has 0 aromatic heterocycles. The molecule has 0 fully saturated rings. The summed E-state index contributed by atoms with van der Waals surface area (Å²) in [5.74, 6) is -20.7. The quantitative estimate of drug-likeness (QED) is 0.120. The van der Waals surface area contributed by atoms with Crippen LogP contribution in [0.3, 0.4) is 0 Å². The SMILES string of the molecule is CCCc1ccc(C(F)(F)c2c(Oc3cc(OCC)c(C(F)(F)F)c(F)c3C(F)(F)c3ccc(CCC)cc3)cc(OCC)c(C(F)(F)F)c2F)cc1. The van der Waals surface area contributed by atoms with Crippen LogP contribution in [0.25, 0.3) is 0 Å². The number of aryl methyl sites for hydroxylation is 2. The summed E-state index contributed by atoms with van der Waals surface area (Å²) < 4.78 is 198. The van der Waals surface area contributed by atoms with Crippen molar-refractivity contribution in [2.75, 3.05) is 13.2 Å². The number of halogens is 12. The minimum Gasteiger partial charge on any atom is -0.493 e. The number of alkyl halides is 10. The summed E-state index contributed by atoms with van der Waals surface area (Å²) in [6.45, 7) is 4.75. The summed E-state index contributed by atoms with van der Waals surface area (Å²) in [5.41, 5.74) is -9.86. The summed E-state index contributed by atoms with van der Waals surface area (Å²) in [4.78, 5) is 0. The molecule has 0 saturated carbocycles. The van der Waals surface area contributed by atoms with Gasteiger partial charge in [-0.15, -0.1) is 0 Å². The molecule has 0 aliphatic carbocycles. The van der Waals surface area contributed by atoms with Crippen molar-refractivity contribution >= 4 is 0 Å². The van der Waals surface area contributed by atoms with Gasteiger partial charge in [-0.1, -0.05) is 75.2 Å². The van der Waals surface area contributed by atoms with Gasteiger partial charge in [-0.3, -0.25) is 0 Å². The van der Waals surface area contributed by atoms with Crippen molar-refractivity contribution in [1.29, 1.82) is 0 Å². The van der Waals surface area contributed by atoms with Crippen LogP contribution in [0.2, 0.25) is 0 Å². The van der Waals surface area contributed by atoms with Gasteiger partial charge < -0.3 is 14.2 Å². The molecule has 4 rings (SSSR count). The molecule has 15 heteroatoms. The Bertz CT molecular complexity index is 1740. The summed E-state index contributed by atoms with van der Waals surface area (Å²) in [5, 5.41) is 0. The van der Waals surface area contributed by atoms with E-state index in [0.29, 0.717) is 36.8 Å². The average molecular weight is 767 g/mol. The Labute approximate surface area is 297 Å². The Morgan fingerprint density at radius 3 is 1.04 bits per heavy atom. The molecule has 0 amide bonds. The van der Waals surface area contributed by atoms with Gasteiger partial charge in [0, 0.05) is 23.3 Å².